The maximum Gasteiger partial charge on any atom is 0.304 e. The zero-order valence-electron chi connectivity index (χ0n) is 9.61. The monoisotopic (exact) mass is 215 g/mol. The first-order valence-electron chi connectivity index (χ1n) is 5.67. The molecule has 2 atom stereocenters. The molecule has 1 aliphatic heterocycles. The maximum absolute atomic E-state index is 10.5. The molecular weight excluding hydrogens is 194 g/mol. The highest BCUT2D eigenvalue weighted by atomic mass is 16.5. The van der Waals surface area contributed by atoms with Gasteiger partial charge in [-0.05, 0) is 26.3 Å². The summed E-state index contributed by atoms with van der Waals surface area (Å²) in [4.78, 5) is 12.6. The zero-order valence-corrected chi connectivity index (χ0v) is 9.61. The molecule has 0 amide bonds. The van der Waals surface area contributed by atoms with Crippen LogP contribution in [0.3, 0.4) is 0 Å². The van der Waals surface area contributed by atoms with Crippen molar-refractivity contribution in [3.05, 3.63) is 0 Å². The number of nitrogens with zero attached hydrogens (tertiary/aromatic N) is 1. The molecule has 0 aromatic rings. The normalized spacial score (nSPS) is 26.9. The number of carboxylic acid groups (broad SMARTS) is 1. The maximum atomic E-state index is 10.5. The summed E-state index contributed by atoms with van der Waals surface area (Å²) in [5.74, 6) is -0.721. The first-order valence-corrected chi connectivity index (χ1v) is 5.67. The molecule has 1 rings (SSSR count). The molecule has 1 heterocycles. The second-order valence-electron chi connectivity index (χ2n) is 4.20. The lowest BCUT2D eigenvalue weighted by Crippen LogP contribution is -2.40. The van der Waals surface area contributed by atoms with Crippen molar-refractivity contribution in [3.63, 3.8) is 0 Å². The Kier molecular flexibility index (Phi) is 5.05. The molecule has 0 aliphatic carbocycles. The van der Waals surface area contributed by atoms with E-state index in [-0.39, 0.29) is 6.42 Å². The lowest BCUT2D eigenvalue weighted by Gasteiger charge is -2.35. The van der Waals surface area contributed by atoms with E-state index in [4.69, 9.17) is 9.84 Å². The van der Waals surface area contributed by atoms with Crippen molar-refractivity contribution in [2.75, 3.05) is 20.2 Å². The highest BCUT2D eigenvalue weighted by molar-refractivity contribution is 5.66. The minimum absolute atomic E-state index is 0.227. The zero-order chi connectivity index (χ0) is 11.3. The highest BCUT2D eigenvalue weighted by Gasteiger charge is 2.24. The van der Waals surface area contributed by atoms with Crippen molar-refractivity contribution in [1.82, 2.24) is 4.90 Å². The first-order chi connectivity index (χ1) is 7.13. The third kappa shape index (κ3) is 4.18. The molecule has 0 saturated carbocycles. The van der Waals surface area contributed by atoms with E-state index in [0.717, 1.165) is 25.9 Å². The predicted octanol–water partition coefficient (Wildman–Crippen LogP) is 1.35. The number of hydrogen-bond acceptors (Lipinski definition) is 3. The standard InChI is InChI=1S/C11H21NO3/c1-3-10-8-9(5-7-15-10)12(2)6-4-11(13)14/h9-10H,3-8H2,1-2H3,(H,13,14). The second kappa shape index (κ2) is 6.08. The molecule has 0 aromatic heterocycles. The fourth-order valence-corrected chi connectivity index (χ4v) is 2.00. The molecule has 0 aromatic carbocycles. The number of rotatable bonds is 5. The molecule has 0 radical (unpaired) electrons. The lowest BCUT2D eigenvalue weighted by molar-refractivity contribution is -0.137. The molecule has 2 unspecified atom stereocenters. The third-order valence-corrected chi connectivity index (χ3v) is 3.10. The fourth-order valence-electron chi connectivity index (χ4n) is 2.00. The summed E-state index contributed by atoms with van der Waals surface area (Å²) in [6, 6.07) is 0.489. The number of carbonyl (C=O) groups is 1. The quantitative estimate of drug-likeness (QED) is 0.752. The van der Waals surface area contributed by atoms with E-state index in [1.807, 2.05) is 7.05 Å². The molecule has 1 fully saturated rings. The highest BCUT2D eigenvalue weighted by Crippen LogP contribution is 2.20. The Morgan fingerprint density at radius 1 is 1.60 bits per heavy atom. The molecule has 4 heteroatoms. The van der Waals surface area contributed by atoms with Crippen molar-refractivity contribution in [2.24, 2.45) is 0 Å². The van der Waals surface area contributed by atoms with E-state index in [9.17, 15) is 4.79 Å². The van der Waals surface area contributed by atoms with Crippen LogP contribution in [0.1, 0.15) is 32.6 Å². The van der Waals surface area contributed by atoms with Gasteiger partial charge in [-0.2, -0.15) is 0 Å². The number of aliphatic carboxylic acids is 1. The van der Waals surface area contributed by atoms with Crippen LogP contribution in [0.5, 0.6) is 0 Å². The Labute approximate surface area is 91.2 Å². The lowest BCUT2D eigenvalue weighted by atomic mass is 10.0. The summed E-state index contributed by atoms with van der Waals surface area (Å²) in [6.45, 7) is 3.57. The van der Waals surface area contributed by atoms with Crippen LogP contribution in [-0.4, -0.2) is 48.3 Å². The van der Waals surface area contributed by atoms with Gasteiger partial charge in [-0.25, -0.2) is 0 Å². The second-order valence-corrected chi connectivity index (χ2v) is 4.20. The number of carboxylic acids is 1. The van der Waals surface area contributed by atoms with Gasteiger partial charge in [-0.1, -0.05) is 6.92 Å². The largest absolute Gasteiger partial charge is 0.481 e. The van der Waals surface area contributed by atoms with Gasteiger partial charge in [0.2, 0.25) is 0 Å². The Balaban J connectivity index is 2.31. The minimum atomic E-state index is -0.721. The predicted molar refractivity (Wildman–Crippen MR) is 57.9 cm³/mol. The van der Waals surface area contributed by atoms with E-state index in [0.29, 0.717) is 18.7 Å². The van der Waals surface area contributed by atoms with E-state index >= 15 is 0 Å². The van der Waals surface area contributed by atoms with E-state index in [2.05, 4.69) is 11.8 Å². The Morgan fingerprint density at radius 3 is 2.93 bits per heavy atom. The van der Waals surface area contributed by atoms with Gasteiger partial charge in [-0.15, -0.1) is 0 Å². The van der Waals surface area contributed by atoms with Crippen LogP contribution in [-0.2, 0) is 9.53 Å². The van der Waals surface area contributed by atoms with Crippen molar-refractivity contribution in [1.29, 1.82) is 0 Å². The molecule has 1 aliphatic rings. The summed E-state index contributed by atoms with van der Waals surface area (Å²) in [6.07, 6.45) is 3.68. The minimum Gasteiger partial charge on any atom is -0.481 e. The van der Waals surface area contributed by atoms with Crippen LogP contribution < -0.4 is 0 Å². The Morgan fingerprint density at radius 2 is 2.33 bits per heavy atom. The molecular formula is C11H21NO3. The van der Waals surface area contributed by atoms with Gasteiger partial charge >= 0.3 is 5.97 Å². The summed E-state index contributed by atoms with van der Waals surface area (Å²) in [5.41, 5.74) is 0. The SMILES string of the molecule is CCC1CC(N(C)CCC(=O)O)CCO1. The van der Waals surface area contributed by atoms with Crippen LogP contribution in [0.2, 0.25) is 0 Å². The Hall–Kier alpha value is -0.610. The van der Waals surface area contributed by atoms with Crippen LogP contribution >= 0.6 is 0 Å². The third-order valence-electron chi connectivity index (χ3n) is 3.10. The van der Waals surface area contributed by atoms with Crippen LogP contribution in [0.4, 0.5) is 0 Å². The fraction of sp³-hybridized carbons (Fsp3) is 0.909. The summed E-state index contributed by atoms with van der Waals surface area (Å²) in [5, 5.41) is 8.61. The number of ether oxygens (including phenoxy) is 1. The van der Waals surface area contributed by atoms with Crippen LogP contribution in [0, 0.1) is 0 Å². The van der Waals surface area contributed by atoms with Crippen molar-refractivity contribution in [2.45, 2.75) is 44.8 Å². The summed E-state index contributed by atoms with van der Waals surface area (Å²) >= 11 is 0. The van der Waals surface area contributed by atoms with Gasteiger partial charge < -0.3 is 14.7 Å². The van der Waals surface area contributed by atoms with Crippen LogP contribution in [0.25, 0.3) is 0 Å². The van der Waals surface area contributed by atoms with E-state index in [1.165, 1.54) is 0 Å². The number of hydrogen-bond donors (Lipinski definition) is 1. The van der Waals surface area contributed by atoms with E-state index in [1.54, 1.807) is 0 Å². The average Bonchev–Trinajstić information content (AvgIpc) is 2.26. The van der Waals surface area contributed by atoms with Gasteiger partial charge in [-0.3, -0.25) is 4.79 Å². The van der Waals surface area contributed by atoms with Gasteiger partial charge in [0.05, 0.1) is 12.5 Å². The molecule has 1 N–H and O–H groups in total. The molecule has 0 spiro atoms. The van der Waals surface area contributed by atoms with Crippen molar-refractivity contribution < 1.29 is 14.6 Å². The smallest absolute Gasteiger partial charge is 0.304 e. The first kappa shape index (κ1) is 12.5. The van der Waals surface area contributed by atoms with Gasteiger partial charge in [0.1, 0.15) is 0 Å². The van der Waals surface area contributed by atoms with Crippen molar-refractivity contribution >= 4 is 5.97 Å². The van der Waals surface area contributed by atoms with Crippen LogP contribution in [0.15, 0.2) is 0 Å². The molecule has 88 valence electrons. The molecule has 15 heavy (non-hydrogen) atoms. The Bertz CT molecular complexity index is 208. The van der Waals surface area contributed by atoms with Crippen molar-refractivity contribution in [3.8, 4) is 0 Å². The van der Waals surface area contributed by atoms with Gasteiger partial charge in [0, 0.05) is 19.2 Å². The molecule has 1 saturated heterocycles. The summed E-state index contributed by atoms with van der Waals surface area (Å²) < 4.78 is 5.59. The molecule has 0 bridgehead atoms. The topological polar surface area (TPSA) is 49.8 Å². The molecule has 4 nitrogen and oxygen atoms in total. The van der Waals surface area contributed by atoms with Gasteiger partial charge in [0.15, 0.2) is 0 Å². The average molecular weight is 215 g/mol. The summed E-state index contributed by atoms with van der Waals surface area (Å²) in [7, 11) is 2.01. The van der Waals surface area contributed by atoms with Gasteiger partial charge in [0.25, 0.3) is 0 Å². The van der Waals surface area contributed by atoms with E-state index < -0.39 is 5.97 Å².